The van der Waals surface area contributed by atoms with Gasteiger partial charge in [-0.1, -0.05) is 24.3 Å². The predicted molar refractivity (Wildman–Crippen MR) is 103 cm³/mol. The van der Waals surface area contributed by atoms with Crippen LogP contribution in [0.1, 0.15) is 31.8 Å². The van der Waals surface area contributed by atoms with E-state index in [0.29, 0.717) is 13.0 Å². The van der Waals surface area contributed by atoms with Gasteiger partial charge in [0.15, 0.2) is 6.61 Å². The summed E-state index contributed by atoms with van der Waals surface area (Å²) in [6.45, 7) is 2.25. The summed E-state index contributed by atoms with van der Waals surface area (Å²) in [5.41, 5.74) is 2.58. The largest absolute Gasteiger partial charge is 0.484 e. The van der Waals surface area contributed by atoms with Crippen LogP contribution in [0.25, 0.3) is 0 Å². The van der Waals surface area contributed by atoms with Crippen molar-refractivity contribution in [2.75, 3.05) is 27.4 Å². The summed E-state index contributed by atoms with van der Waals surface area (Å²) in [7, 11) is 2.46. The van der Waals surface area contributed by atoms with Crippen LogP contribution in [0.4, 0.5) is 0 Å². The first-order valence-corrected chi connectivity index (χ1v) is 8.70. The first kappa shape index (κ1) is 21.0. The number of hydrogen-bond donors (Lipinski definition) is 1. The SMILES string of the molecule is COC(=O)c1cc(OCC(=O)NCCc2ccccc2C)cc(C(=O)OC)c1. The molecular weight excluding hydrogens is 362 g/mol. The van der Waals surface area contributed by atoms with Gasteiger partial charge in [0.2, 0.25) is 0 Å². The summed E-state index contributed by atoms with van der Waals surface area (Å²) in [6, 6.07) is 12.1. The zero-order valence-electron chi connectivity index (χ0n) is 16.1. The monoisotopic (exact) mass is 385 g/mol. The number of ether oxygens (including phenoxy) is 3. The molecule has 0 saturated carbocycles. The second-order valence-corrected chi connectivity index (χ2v) is 6.04. The Morgan fingerprint density at radius 1 is 0.929 bits per heavy atom. The van der Waals surface area contributed by atoms with E-state index in [0.717, 1.165) is 5.56 Å². The van der Waals surface area contributed by atoms with E-state index in [4.69, 9.17) is 4.74 Å². The van der Waals surface area contributed by atoms with Gasteiger partial charge in [0, 0.05) is 6.54 Å². The van der Waals surface area contributed by atoms with Crippen LogP contribution >= 0.6 is 0 Å². The lowest BCUT2D eigenvalue weighted by atomic mass is 10.1. The zero-order chi connectivity index (χ0) is 20.5. The molecule has 0 aliphatic heterocycles. The molecule has 0 spiro atoms. The standard InChI is InChI=1S/C21H23NO6/c1-14-6-4-5-7-15(14)8-9-22-19(23)13-28-18-11-16(20(24)26-2)10-17(12-18)21(25)27-3/h4-7,10-12H,8-9,13H2,1-3H3,(H,22,23). The first-order valence-electron chi connectivity index (χ1n) is 8.70. The highest BCUT2D eigenvalue weighted by molar-refractivity contribution is 5.96. The first-order chi connectivity index (χ1) is 13.4. The fraction of sp³-hybridized carbons (Fsp3) is 0.286. The van der Waals surface area contributed by atoms with E-state index in [1.807, 2.05) is 31.2 Å². The highest BCUT2D eigenvalue weighted by Crippen LogP contribution is 2.19. The van der Waals surface area contributed by atoms with Crippen LogP contribution in [0.15, 0.2) is 42.5 Å². The predicted octanol–water partition coefficient (Wildman–Crippen LogP) is 2.31. The van der Waals surface area contributed by atoms with E-state index in [1.165, 1.54) is 38.0 Å². The maximum Gasteiger partial charge on any atom is 0.338 e. The highest BCUT2D eigenvalue weighted by atomic mass is 16.5. The van der Waals surface area contributed by atoms with Crippen molar-refractivity contribution in [3.63, 3.8) is 0 Å². The second kappa shape index (κ2) is 10.1. The molecule has 28 heavy (non-hydrogen) atoms. The van der Waals surface area contributed by atoms with Crippen molar-refractivity contribution in [1.82, 2.24) is 5.32 Å². The molecule has 148 valence electrons. The van der Waals surface area contributed by atoms with Crippen LogP contribution < -0.4 is 10.1 Å². The fourth-order valence-corrected chi connectivity index (χ4v) is 2.58. The van der Waals surface area contributed by atoms with Gasteiger partial charge >= 0.3 is 11.9 Å². The molecular formula is C21H23NO6. The van der Waals surface area contributed by atoms with Crippen LogP contribution in [-0.2, 0) is 20.7 Å². The minimum absolute atomic E-state index is 0.125. The summed E-state index contributed by atoms with van der Waals surface area (Å²) in [4.78, 5) is 35.5. The maximum absolute atomic E-state index is 12.0. The van der Waals surface area contributed by atoms with Crippen molar-refractivity contribution in [1.29, 1.82) is 0 Å². The minimum Gasteiger partial charge on any atom is -0.484 e. The van der Waals surface area contributed by atoms with Crippen molar-refractivity contribution in [2.45, 2.75) is 13.3 Å². The number of carbonyl (C=O) groups excluding carboxylic acids is 3. The third kappa shape index (κ3) is 5.84. The molecule has 2 aromatic carbocycles. The third-order valence-electron chi connectivity index (χ3n) is 4.10. The lowest BCUT2D eigenvalue weighted by Crippen LogP contribution is -2.30. The Morgan fingerprint density at radius 2 is 1.54 bits per heavy atom. The summed E-state index contributed by atoms with van der Waals surface area (Å²) >= 11 is 0. The Balaban J connectivity index is 1.95. The van der Waals surface area contributed by atoms with Gasteiger partial charge in [-0.3, -0.25) is 4.79 Å². The molecule has 0 aromatic heterocycles. The van der Waals surface area contributed by atoms with Gasteiger partial charge in [-0.15, -0.1) is 0 Å². The molecule has 1 N–H and O–H groups in total. The Kier molecular flexibility index (Phi) is 7.56. The third-order valence-corrected chi connectivity index (χ3v) is 4.10. The van der Waals surface area contributed by atoms with Gasteiger partial charge in [0.1, 0.15) is 5.75 Å². The molecule has 0 aliphatic rings. The van der Waals surface area contributed by atoms with Crippen LogP contribution in [-0.4, -0.2) is 45.2 Å². The molecule has 0 radical (unpaired) electrons. The number of hydrogen-bond acceptors (Lipinski definition) is 6. The topological polar surface area (TPSA) is 90.9 Å². The van der Waals surface area contributed by atoms with Gasteiger partial charge in [-0.25, -0.2) is 9.59 Å². The maximum atomic E-state index is 12.0. The number of aryl methyl sites for hydroxylation is 1. The number of benzene rings is 2. The van der Waals surface area contributed by atoms with E-state index in [1.54, 1.807) is 0 Å². The summed E-state index contributed by atoms with van der Waals surface area (Å²) < 4.78 is 14.8. The zero-order valence-corrected chi connectivity index (χ0v) is 16.1. The van der Waals surface area contributed by atoms with Gasteiger partial charge in [-0.2, -0.15) is 0 Å². The van der Waals surface area contributed by atoms with Crippen molar-refractivity contribution >= 4 is 17.8 Å². The molecule has 1 amide bonds. The summed E-state index contributed by atoms with van der Waals surface area (Å²) in [5, 5.41) is 2.78. The average Bonchev–Trinajstić information content (AvgIpc) is 2.72. The Morgan fingerprint density at radius 3 is 2.11 bits per heavy atom. The number of nitrogens with one attached hydrogen (secondary N) is 1. The number of methoxy groups -OCH3 is 2. The van der Waals surface area contributed by atoms with Crippen LogP contribution in [0.2, 0.25) is 0 Å². The van der Waals surface area contributed by atoms with E-state index in [2.05, 4.69) is 14.8 Å². The molecule has 2 rings (SSSR count). The van der Waals surface area contributed by atoms with Crippen molar-refractivity contribution in [3.05, 3.63) is 64.7 Å². The summed E-state index contributed by atoms with van der Waals surface area (Å²) in [6.07, 6.45) is 0.711. The smallest absolute Gasteiger partial charge is 0.338 e. The molecule has 0 fully saturated rings. The van der Waals surface area contributed by atoms with Crippen molar-refractivity contribution < 1.29 is 28.6 Å². The fourth-order valence-electron chi connectivity index (χ4n) is 2.58. The highest BCUT2D eigenvalue weighted by Gasteiger charge is 2.15. The molecule has 0 unspecified atom stereocenters. The van der Waals surface area contributed by atoms with E-state index < -0.39 is 11.9 Å². The molecule has 0 aliphatic carbocycles. The number of rotatable bonds is 8. The molecule has 0 heterocycles. The number of esters is 2. The summed E-state index contributed by atoms with van der Waals surface area (Å²) in [5.74, 6) is -1.37. The Hall–Kier alpha value is -3.35. The number of carbonyl (C=O) groups is 3. The van der Waals surface area contributed by atoms with Crippen molar-refractivity contribution in [3.8, 4) is 5.75 Å². The van der Waals surface area contributed by atoms with Gasteiger partial charge in [0.25, 0.3) is 5.91 Å². The normalized spacial score (nSPS) is 10.1. The number of amides is 1. The van der Waals surface area contributed by atoms with E-state index in [9.17, 15) is 14.4 Å². The van der Waals surface area contributed by atoms with Gasteiger partial charge in [-0.05, 0) is 42.7 Å². The van der Waals surface area contributed by atoms with E-state index >= 15 is 0 Å². The second-order valence-electron chi connectivity index (χ2n) is 6.04. The quantitative estimate of drug-likeness (QED) is 0.701. The average molecular weight is 385 g/mol. The lowest BCUT2D eigenvalue weighted by Gasteiger charge is -2.11. The molecule has 0 bridgehead atoms. The molecule has 0 saturated heterocycles. The van der Waals surface area contributed by atoms with Crippen LogP contribution in [0.5, 0.6) is 5.75 Å². The minimum atomic E-state index is -0.627. The van der Waals surface area contributed by atoms with Crippen LogP contribution in [0.3, 0.4) is 0 Å². The molecule has 0 atom stereocenters. The van der Waals surface area contributed by atoms with Crippen molar-refractivity contribution in [2.24, 2.45) is 0 Å². The van der Waals surface area contributed by atoms with E-state index in [-0.39, 0.29) is 29.4 Å². The molecule has 7 heteroatoms. The van der Waals surface area contributed by atoms with Gasteiger partial charge in [0.05, 0.1) is 25.3 Å². The molecule has 2 aromatic rings. The lowest BCUT2D eigenvalue weighted by molar-refractivity contribution is -0.123. The Bertz CT molecular complexity index is 827. The van der Waals surface area contributed by atoms with Gasteiger partial charge < -0.3 is 19.5 Å². The molecule has 7 nitrogen and oxygen atoms in total. The Labute approximate surface area is 163 Å². The van der Waals surface area contributed by atoms with Crippen LogP contribution in [0, 0.1) is 6.92 Å².